The van der Waals surface area contributed by atoms with E-state index >= 15 is 0 Å². The molecule has 0 saturated heterocycles. The molecule has 0 aliphatic heterocycles. The van der Waals surface area contributed by atoms with Gasteiger partial charge < -0.3 is 5.73 Å². The van der Waals surface area contributed by atoms with Crippen LogP contribution in [0.15, 0.2) is 12.3 Å². The fourth-order valence-electron chi connectivity index (χ4n) is 0.404. The molecule has 1 nitrogen and oxygen atoms in total. The Bertz CT molecular complexity index is 57.2. The molecule has 0 saturated carbocycles. The summed E-state index contributed by atoms with van der Waals surface area (Å²) in [6, 6.07) is 0. The standard InChI is InChI=1S/C6H13N/c1-3-4-5-6(2)7/h2-5,7H2,1H3. The van der Waals surface area contributed by atoms with Gasteiger partial charge in [-0.3, -0.25) is 0 Å². The predicted molar refractivity (Wildman–Crippen MR) is 32.9 cm³/mol. The lowest BCUT2D eigenvalue weighted by molar-refractivity contribution is 0.783. The van der Waals surface area contributed by atoms with E-state index in [1.54, 1.807) is 0 Å². The maximum Gasteiger partial charge on any atom is 0.000743 e. The second kappa shape index (κ2) is 3.72. The van der Waals surface area contributed by atoms with E-state index < -0.39 is 0 Å². The number of hydrogen-bond donors (Lipinski definition) is 1. The molecule has 0 aromatic carbocycles. The fourth-order valence-corrected chi connectivity index (χ4v) is 0.404. The van der Waals surface area contributed by atoms with E-state index in [-0.39, 0.29) is 0 Å². The quantitative estimate of drug-likeness (QED) is 0.572. The minimum atomic E-state index is 0.807. The Morgan fingerprint density at radius 1 is 1.71 bits per heavy atom. The summed E-state index contributed by atoms with van der Waals surface area (Å²) in [7, 11) is 0. The van der Waals surface area contributed by atoms with E-state index in [0.717, 1.165) is 12.1 Å². The van der Waals surface area contributed by atoms with Crippen LogP contribution in [0.1, 0.15) is 26.2 Å². The summed E-state index contributed by atoms with van der Waals surface area (Å²) in [5, 5.41) is 0. The largest absolute Gasteiger partial charge is 0.403 e. The minimum absolute atomic E-state index is 0.807. The van der Waals surface area contributed by atoms with Crippen LogP contribution in [0.2, 0.25) is 0 Å². The van der Waals surface area contributed by atoms with Crippen LogP contribution in [-0.4, -0.2) is 0 Å². The molecule has 7 heavy (non-hydrogen) atoms. The third-order valence-electron chi connectivity index (χ3n) is 0.851. The highest BCUT2D eigenvalue weighted by atomic mass is 14.5. The van der Waals surface area contributed by atoms with Gasteiger partial charge in [0.1, 0.15) is 0 Å². The van der Waals surface area contributed by atoms with E-state index in [9.17, 15) is 0 Å². The van der Waals surface area contributed by atoms with Crippen LogP contribution in [0, 0.1) is 0 Å². The van der Waals surface area contributed by atoms with Gasteiger partial charge >= 0.3 is 0 Å². The van der Waals surface area contributed by atoms with Gasteiger partial charge in [0.05, 0.1) is 0 Å². The Morgan fingerprint density at radius 2 is 2.29 bits per heavy atom. The molecule has 0 aromatic heterocycles. The van der Waals surface area contributed by atoms with Gasteiger partial charge in [0.2, 0.25) is 0 Å². The summed E-state index contributed by atoms with van der Waals surface area (Å²) in [5.41, 5.74) is 6.09. The van der Waals surface area contributed by atoms with Crippen molar-refractivity contribution in [2.75, 3.05) is 0 Å². The molecule has 0 atom stereocenters. The van der Waals surface area contributed by atoms with Gasteiger partial charge in [0, 0.05) is 5.70 Å². The van der Waals surface area contributed by atoms with Crippen LogP contribution in [0.3, 0.4) is 0 Å². The van der Waals surface area contributed by atoms with Crippen molar-refractivity contribution in [3.8, 4) is 0 Å². The average molecular weight is 99.2 g/mol. The highest BCUT2D eigenvalue weighted by Gasteiger charge is 1.81. The Morgan fingerprint density at radius 3 is 2.43 bits per heavy atom. The molecule has 0 aliphatic rings. The molecule has 0 aromatic rings. The van der Waals surface area contributed by atoms with Crippen LogP contribution < -0.4 is 5.73 Å². The summed E-state index contributed by atoms with van der Waals surface area (Å²) >= 11 is 0. The molecule has 0 aliphatic carbocycles. The van der Waals surface area contributed by atoms with E-state index in [4.69, 9.17) is 5.73 Å². The van der Waals surface area contributed by atoms with Gasteiger partial charge in [-0.2, -0.15) is 0 Å². The maximum atomic E-state index is 5.28. The number of allylic oxidation sites excluding steroid dienone is 1. The van der Waals surface area contributed by atoms with Crippen LogP contribution in [-0.2, 0) is 0 Å². The van der Waals surface area contributed by atoms with E-state index in [0.29, 0.717) is 0 Å². The van der Waals surface area contributed by atoms with Gasteiger partial charge in [0.25, 0.3) is 0 Å². The predicted octanol–water partition coefficient (Wildman–Crippen LogP) is 1.65. The Hall–Kier alpha value is -0.460. The van der Waals surface area contributed by atoms with Crippen molar-refractivity contribution in [1.82, 2.24) is 0 Å². The minimum Gasteiger partial charge on any atom is -0.403 e. The zero-order valence-electron chi connectivity index (χ0n) is 4.91. The van der Waals surface area contributed by atoms with Crippen molar-refractivity contribution in [3.63, 3.8) is 0 Å². The van der Waals surface area contributed by atoms with Crippen molar-refractivity contribution in [1.29, 1.82) is 0 Å². The molecule has 0 fully saturated rings. The molecular formula is C6H13N. The lowest BCUT2D eigenvalue weighted by Gasteiger charge is -1.92. The van der Waals surface area contributed by atoms with Crippen molar-refractivity contribution in [2.24, 2.45) is 5.73 Å². The first-order valence-corrected chi connectivity index (χ1v) is 2.70. The van der Waals surface area contributed by atoms with Crippen molar-refractivity contribution in [3.05, 3.63) is 12.3 Å². The summed E-state index contributed by atoms with van der Waals surface area (Å²) in [5.74, 6) is 0. The lowest BCUT2D eigenvalue weighted by atomic mass is 10.2. The first-order chi connectivity index (χ1) is 3.27. The number of nitrogens with two attached hydrogens (primary N) is 1. The third kappa shape index (κ3) is 5.54. The van der Waals surface area contributed by atoms with Crippen LogP contribution in [0.25, 0.3) is 0 Å². The summed E-state index contributed by atoms with van der Waals surface area (Å²) < 4.78 is 0. The van der Waals surface area contributed by atoms with Gasteiger partial charge in [-0.1, -0.05) is 19.9 Å². The van der Waals surface area contributed by atoms with Gasteiger partial charge in [-0.05, 0) is 12.8 Å². The van der Waals surface area contributed by atoms with Crippen LogP contribution in [0.4, 0.5) is 0 Å². The zero-order valence-corrected chi connectivity index (χ0v) is 4.91. The first kappa shape index (κ1) is 6.54. The Labute approximate surface area is 45.2 Å². The SMILES string of the molecule is C=C(N)CCCC. The molecular weight excluding hydrogens is 86.1 g/mol. The van der Waals surface area contributed by atoms with Crippen LogP contribution in [0.5, 0.6) is 0 Å². The monoisotopic (exact) mass is 99.1 g/mol. The first-order valence-electron chi connectivity index (χ1n) is 2.70. The summed E-state index contributed by atoms with van der Waals surface area (Å²) in [6.07, 6.45) is 3.36. The number of unbranched alkanes of at least 4 members (excludes halogenated alkanes) is 1. The number of rotatable bonds is 3. The van der Waals surface area contributed by atoms with Gasteiger partial charge in [0.15, 0.2) is 0 Å². The second-order valence-corrected chi connectivity index (χ2v) is 1.76. The molecule has 0 bridgehead atoms. The second-order valence-electron chi connectivity index (χ2n) is 1.76. The topological polar surface area (TPSA) is 26.0 Å². The highest BCUT2D eigenvalue weighted by Crippen LogP contribution is 1.96. The normalized spacial score (nSPS) is 8.71. The Kier molecular flexibility index (Phi) is 3.48. The van der Waals surface area contributed by atoms with E-state index in [1.165, 1.54) is 12.8 Å². The smallest absolute Gasteiger partial charge is 0.000743 e. The molecule has 0 unspecified atom stereocenters. The van der Waals surface area contributed by atoms with Crippen molar-refractivity contribution >= 4 is 0 Å². The summed E-state index contributed by atoms with van der Waals surface area (Å²) in [6.45, 7) is 5.71. The average Bonchev–Trinajstić information content (AvgIpc) is 1.61. The maximum absolute atomic E-state index is 5.28. The molecule has 0 radical (unpaired) electrons. The molecule has 0 spiro atoms. The molecule has 42 valence electrons. The zero-order chi connectivity index (χ0) is 5.70. The molecule has 1 heteroatoms. The molecule has 2 N–H and O–H groups in total. The van der Waals surface area contributed by atoms with Gasteiger partial charge in [-0.15, -0.1) is 0 Å². The molecule has 0 heterocycles. The third-order valence-corrected chi connectivity index (χ3v) is 0.851. The lowest BCUT2D eigenvalue weighted by Crippen LogP contribution is -1.92. The molecule has 0 rings (SSSR count). The fraction of sp³-hybridized carbons (Fsp3) is 0.667. The van der Waals surface area contributed by atoms with Crippen LogP contribution >= 0.6 is 0 Å². The van der Waals surface area contributed by atoms with E-state index in [2.05, 4.69) is 13.5 Å². The summed E-state index contributed by atoms with van der Waals surface area (Å²) in [4.78, 5) is 0. The highest BCUT2D eigenvalue weighted by molar-refractivity contribution is 4.84. The van der Waals surface area contributed by atoms with Gasteiger partial charge in [-0.25, -0.2) is 0 Å². The van der Waals surface area contributed by atoms with Crippen molar-refractivity contribution < 1.29 is 0 Å². The Balaban J connectivity index is 2.82. The number of hydrogen-bond acceptors (Lipinski definition) is 1. The molecule has 0 amide bonds. The van der Waals surface area contributed by atoms with E-state index in [1.807, 2.05) is 0 Å². The van der Waals surface area contributed by atoms with Crippen molar-refractivity contribution in [2.45, 2.75) is 26.2 Å².